The van der Waals surface area contributed by atoms with E-state index in [1.165, 1.54) is 7.11 Å². The smallest absolute Gasteiger partial charge is 0.331 e. The van der Waals surface area contributed by atoms with Gasteiger partial charge in [0.15, 0.2) is 6.04 Å². The standard InChI is InChI=1S/C26H24N2O2/c1-18(22-17-27-23-16-10-9-15-21(22)23)24(26(29)30-2)28-25(19-11-5-3-6-12-19)20-13-7-4-8-14-20/h3-18,24,27H,1-2H3. The predicted octanol–water partition coefficient (Wildman–Crippen LogP) is 5.35. The zero-order valence-electron chi connectivity index (χ0n) is 17.1. The van der Waals surface area contributed by atoms with E-state index >= 15 is 0 Å². The van der Waals surface area contributed by atoms with Crippen LogP contribution in [0.1, 0.15) is 29.5 Å². The highest BCUT2D eigenvalue weighted by Gasteiger charge is 2.29. The number of para-hydroxylation sites is 1. The van der Waals surface area contributed by atoms with Crippen LogP contribution < -0.4 is 0 Å². The second-order valence-corrected chi connectivity index (χ2v) is 7.26. The molecule has 150 valence electrons. The minimum atomic E-state index is -0.676. The molecule has 0 saturated carbocycles. The number of benzene rings is 3. The number of nitrogens with one attached hydrogen (secondary N) is 1. The lowest BCUT2D eigenvalue weighted by molar-refractivity contribution is -0.142. The van der Waals surface area contributed by atoms with Crippen molar-refractivity contribution in [3.05, 3.63) is 108 Å². The third kappa shape index (κ3) is 3.90. The Kier molecular flexibility index (Phi) is 5.75. The zero-order chi connectivity index (χ0) is 20.9. The van der Waals surface area contributed by atoms with Crippen LogP contribution in [0.2, 0.25) is 0 Å². The molecule has 2 atom stereocenters. The molecule has 0 radical (unpaired) electrons. The van der Waals surface area contributed by atoms with E-state index in [0.717, 1.165) is 33.3 Å². The molecule has 0 spiro atoms. The van der Waals surface area contributed by atoms with E-state index < -0.39 is 6.04 Å². The van der Waals surface area contributed by atoms with Gasteiger partial charge >= 0.3 is 5.97 Å². The summed E-state index contributed by atoms with van der Waals surface area (Å²) in [6, 6.07) is 27.3. The molecule has 1 N–H and O–H groups in total. The maximum atomic E-state index is 12.8. The lowest BCUT2D eigenvalue weighted by Gasteiger charge is -2.20. The van der Waals surface area contributed by atoms with E-state index in [1.54, 1.807) is 0 Å². The van der Waals surface area contributed by atoms with E-state index in [9.17, 15) is 4.79 Å². The van der Waals surface area contributed by atoms with Crippen LogP contribution in [0, 0.1) is 0 Å². The topological polar surface area (TPSA) is 54.4 Å². The fourth-order valence-corrected chi connectivity index (χ4v) is 3.78. The van der Waals surface area contributed by atoms with Crippen molar-refractivity contribution in [1.82, 2.24) is 4.98 Å². The van der Waals surface area contributed by atoms with E-state index in [0.29, 0.717) is 0 Å². The Bertz CT molecular complexity index is 1120. The van der Waals surface area contributed by atoms with Crippen LogP contribution in [0.3, 0.4) is 0 Å². The summed E-state index contributed by atoms with van der Waals surface area (Å²) in [5.74, 6) is -0.520. The Labute approximate surface area is 176 Å². The number of carbonyl (C=O) groups is 1. The van der Waals surface area contributed by atoms with Crippen molar-refractivity contribution < 1.29 is 9.53 Å². The van der Waals surface area contributed by atoms with E-state index in [-0.39, 0.29) is 11.9 Å². The minimum Gasteiger partial charge on any atom is -0.467 e. The van der Waals surface area contributed by atoms with Gasteiger partial charge in [0.25, 0.3) is 0 Å². The van der Waals surface area contributed by atoms with Crippen molar-refractivity contribution >= 4 is 22.6 Å². The van der Waals surface area contributed by atoms with Crippen molar-refractivity contribution in [2.45, 2.75) is 18.9 Å². The maximum Gasteiger partial charge on any atom is 0.331 e. The predicted molar refractivity (Wildman–Crippen MR) is 121 cm³/mol. The third-order valence-electron chi connectivity index (χ3n) is 5.39. The molecule has 0 saturated heterocycles. The van der Waals surface area contributed by atoms with Crippen LogP contribution in [0.5, 0.6) is 0 Å². The van der Waals surface area contributed by atoms with Gasteiger partial charge in [0, 0.05) is 34.1 Å². The van der Waals surface area contributed by atoms with Crippen molar-refractivity contribution in [3.8, 4) is 0 Å². The first-order valence-electron chi connectivity index (χ1n) is 10.0. The molecule has 0 aliphatic heterocycles. The molecule has 0 aliphatic rings. The number of esters is 1. The Morgan fingerprint density at radius 1 is 0.867 bits per heavy atom. The van der Waals surface area contributed by atoms with Crippen molar-refractivity contribution in [1.29, 1.82) is 0 Å². The number of aliphatic imine (C=N–C) groups is 1. The van der Waals surface area contributed by atoms with E-state index in [1.807, 2.05) is 92.0 Å². The second kappa shape index (κ2) is 8.78. The summed E-state index contributed by atoms with van der Waals surface area (Å²) in [6.07, 6.45) is 1.96. The number of hydrogen-bond acceptors (Lipinski definition) is 3. The minimum absolute atomic E-state index is 0.170. The number of rotatable bonds is 6. The summed E-state index contributed by atoms with van der Waals surface area (Å²) in [5, 5.41) is 1.09. The molecule has 0 aliphatic carbocycles. The SMILES string of the molecule is COC(=O)C(N=C(c1ccccc1)c1ccccc1)C(C)c1c[nH]c2ccccc12. The fraction of sp³-hybridized carbons (Fsp3) is 0.154. The normalized spacial score (nSPS) is 12.9. The highest BCUT2D eigenvalue weighted by molar-refractivity contribution is 6.13. The summed E-state index contributed by atoms with van der Waals surface area (Å²) in [6.45, 7) is 2.02. The molecule has 0 fully saturated rings. The summed E-state index contributed by atoms with van der Waals surface area (Å²) < 4.78 is 5.16. The van der Waals surface area contributed by atoms with Crippen molar-refractivity contribution in [2.75, 3.05) is 7.11 Å². The molecular formula is C26H24N2O2. The molecule has 4 aromatic rings. The van der Waals surface area contributed by atoms with Gasteiger partial charge in [-0.3, -0.25) is 4.99 Å². The van der Waals surface area contributed by atoms with Crippen LogP contribution in [-0.4, -0.2) is 29.8 Å². The number of nitrogens with zero attached hydrogens (tertiary/aromatic N) is 1. The number of carbonyl (C=O) groups excluding carboxylic acids is 1. The van der Waals surface area contributed by atoms with E-state index in [4.69, 9.17) is 9.73 Å². The Morgan fingerprint density at radius 3 is 2.03 bits per heavy atom. The number of aromatic nitrogens is 1. The fourth-order valence-electron chi connectivity index (χ4n) is 3.78. The first-order chi connectivity index (χ1) is 14.7. The zero-order valence-corrected chi connectivity index (χ0v) is 17.1. The molecule has 1 heterocycles. The Morgan fingerprint density at radius 2 is 1.43 bits per heavy atom. The van der Waals surface area contributed by atoms with Crippen LogP contribution in [-0.2, 0) is 9.53 Å². The lowest BCUT2D eigenvalue weighted by atomic mass is 9.92. The quantitative estimate of drug-likeness (QED) is 0.353. The molecule has 3 aromatic carbocycles. The lowest BCUT2D eigenvalue weighted by Crippen LogP contribution is -2.28. The molecule has 4 heteroatoms. The first kappa shape index (κ1) is 19.6. The number of ether oxygens (including phenoxy) is 1. The van der Waals surface area contributed by atoms with Crippen molar-refractivity contribution in [2.24, 2.45) is 4.99 Å². The number of hydrogen-bond donors (Lipinski definition) is 1. The number of aromatic amines is 1. The average molecular weight is 396 g/mol. The first-order valence-corrected chi connectivity index (χ1v) is 10.0. The van der Waals surface area contributed by atoms with Crippen LogP contribution in [0.25, 0.3) is 10.9 Å². The molecule has 2 unspecified atom stereocenters. The van der Waals surface area contributed by atoms with Gasteiger partial charge in [-0.15, -0.1) is 0 Å². The highest BCUT2D eigenvalue weighted by Crippen LogP contribution is 2.30. The number of fused-ring (bicyclic) bond motifs is 1. The van der Waals surface area contributed by atoms with Gasteiger partial charge < -0.3 is 9.72 Å². The number of H-pyrrole nitrogens is 1. The van der Waals surface area contributed by atoms with Crippen molar-refractivity contribution in [3.63, 3.8) is 0 Å². The highest BCUT2D eigenvalue weighted by atomic mass is 16.5. The molecule has 30 heavy (non-hydrogen) atoms. The molecule has 0 bridgehead atoms. The van der Waals surface area contributed by atoms with Gasteiger partial charge in [-0.2, -0.15) is 0 Å². The average Bonchev–Trinajstić information content (AvgIpc) is 3.24. The number of methoxy groups -OCH3 is 1. The van der Waals surface area contributed by atoms with Crippen LogP contribution in [0.4, 0.5) is 0 Å². The summed E-state index contributed by atoms with van der Waals surface area (Å²) in [7, 11) is 1.41. The van der Waals surface area contributed by atoms with Gasteiger partial charge in [-0.1, -0.05) is 85.8 Å². The second-order valence-electron chi connectivity index (χ2n) is 7.26. The summed E-state index contributed by atoms with van der Waals surface area (Å²) in [4.78, 5) is 21.1. The third-order valence-corrected chi connectivity index (χ3v) is 5.39. The van der Waals surface area contributed by atoms with Gasteiger partial charge in [-0.25, -0.2) is 4.79 Å². The van der Waals surface area contributed by atoms with Crippen LogP contribution in [0.15, 0.2) is 96.1 Å². The molecule has 4 rings (SSSR count). The van der Waals surface area contributed by atoms with Crippen LogP contribution >= 0.6 is 0 Å². The van der Waals surface area contributed by atoms with E-state index in [2.05, 4.69) is 11.1 Å². The van der Waals surface area contributed by atoms with Gasteiger partial charge in [0.05, 0.1) is 12.8 Å². The largest absolute Gasteiger partial charge is 0.467 e. The molecule has 1 aromatic heterocycles. The summed E-state index contributed by atoms with van der Waals surface area (Å²) >= 11 is 0. The Balaban J connectivity index is 1.84. The van der Waals surface area contributed by atoms with Gasteiger partial charge in [0.2, 0.25) is 0 Å². The van der Waals surface area contributed by atoms with Gasteiger partial charge in [0.1, 0.15) is 0 Å². The molecular weight excluding hydrogens is 372 g/mol. The molecule has 4 nitrogen and oxygen atoms in total. The Hall–Kier alpha value is -3.66. The monoisotopic (exact) mass is 396 g/mol. The summed E-state index contributed by atoms with van der Waals surface area (Å²) in [5.41, 5.74) is 4.79. The van der Waals surface area contributed by atoms with Gasteiger partial charge in [-0.05, 0) is 11.6 Å². The molecule has 0 amide bonds. The maximum absolute atomic E-state index is 12.8.